The van der Waals surface area contributed by atoms with Gasteiger partial charge in [-0.15, -0.1) is 0 Å². The van der Waals surface area contributed by atoms with Crippen molar-refractivity contribution in [1.29, 1.82) is 0 Å². The molecule has 0 amide bonds. The van der Waals surface area contributed by atoms with E-state index in [9.17, 15) is 0 Å². The molecule has 4 nitrogen and oxygen atoms in total. The maximum absolute atomic E-state index is 5.67. The predicted molar refractivity (Wildman–Crippen MR) is 155 cm³/mol. The lowest BCUT2D eigenvalue weighted by atomic mass is 9.95. The highest BCUT2D eigenvalue weighted by Gasteiger charge is 2.34. The summed E-state index contributed by atoms with van der Waals surface area (Å²) in [6, 6.07) is 22.6. The Morgan fingerprint density at radius 3 is 2.26 bits per heavy atom. The van der Waals surface area contributed by atoms with Crippen molar-refractivity contribution in [3.8, 4) is 11.5 Å². The minimum atomic E-state index is 0. The lowest BCUT2D eigenvalue weighted by Crippen LogP contribution is -2.58. The van der Waals surface area contributed by atoms with Crippen LogP contribution in [0.25, 0.3) is 10.8 Å². The Morgan fingerprint density at radius 2 is 1.53 bits per heavy atom. The van der Waals surface area contributed by atoms with Gasteiger partial charge >= 0.3 is 0 Å². The molecule has 0 saturated carbocycles. The van der Waals surface area contributed by atoms with Crippen LogP contribution in [0.5, 0.6) is 11.5 Å². The van der Waals surface area contributed by atoms with Gasteiger partial charge in [-0.2, -0.15) is 27.0 Å². The van der Waals surface area contributed by atoms with Crippen LogP contribution in [0.4, 0.5) is 5.69 Å². The smallest absolute Gasteiger partial charge is 0.127 e. The molecule has 6 heteroatoms. The molecule has 0 spiro atoms. The van der Waals surface area contributed by atoms with E-state index in [1.807, 2.05) is 12.1 Å². The summed E-state index contributed by atoms with van der Waals surface area (Å²) in [4.78, 5) is 5.26. The summed E-state index contributed by atoms with van der Waals surface area (Å²) in [7, 11) is 3.43. The van der Waals surface area contributed by atoms with Gasteiger partial charge in [-0.3, -0.25) is 4.90 Å². The number of nitrogens with zero attached hydrogens (tertiary/aromatic N) is 2. The Kier molecular flexibility index (Phi) is 10.2. The molecule has 1 saturated heterocycles. The topological polar surface area (TPSA) is 24.9 Å². The second-order valence-corrected chi connectivity index (χ2v) is 8.54. The summed E-state index contributed by atoms with van der Waals surface area (Å²) in [5, 5.41) is 2.62. The SMILES string of the molecule is C.COc1ccc(CN2C[C@@H]3C/C=C\C[C@H]2CN3c2ccc3ccccc3c2)c(OC)c1.S.S. The average molecular weight is 499 g/mol. The lowest BCUT2D eigenvalue weighted by molar-refractivity contribution is 0.138. The van der Waals surface area contributed by atoms with E-state index in [1.54, 1.807) is 14.2 Å². The van der Waals surface area contributed by atoms with Crippen molar-refractivity contribution in [2.75, 3.05) is 32.2 Å². The third-order valence-corrected chi connectivity index (χ3v) is 6.73. The number of fused-ring (bicyclic) bond motifs is 5. The minimum Gasteiger partial charge on any atom is -0.497 e. The molecule has 2 bridgehead atoms. The molecule has 3 aliphatic rings. The first-order valence-electron chi connectivity index (χ1n) is 11.1. The first-order valence-corrected chi connectivity index (χ1v) is 11.1. The molecule has 3 aliphatic heterocycles. The minimum absolute atomic E-state index is 0. The van der Waals surface area contributed by atoms with Crippen LogP contribution in [0.2, 0.25) is 0 Å². The van der Waals surface area contributed by atoms with E-state index >= 15 is 0 Å². The molecule has 3 aromatic rings. The van der Waals surface area contributed by atoms with Crippen molar-refractivity contribution in [3.05, 3.63) is 78.4 Å². The molecular weight excluding hydrogens is 460 g/mol. The van der Waals surface area contributed by atoms with Gasteiger partial charge in [0.05, 0.1) is 14.2 Å². The number of benzene rings is 3. The van der Waals surface area contributed by atoms with Crippen LogP contribution >= 0.6 is 27.0 Å². The van der Waals surface area contributed by atoms with Gasteiger partial charge in [0, 0.05) is 49.0 Å². The molecule has 2 atom stereocenters. The van der Waals surface area contributed by atoms with Gasteiger partial charge in [-0.1, -0.05) is 56.0 Å². The van der Waals surface area contributed by atoms with Crippen LogP contribution in [0.3, 0.4) is 0 Å². The Balaban J connectivity index is 0.00000136. The van der Waals surface area contributed by atoms with Crippen molar-refractivity contribution in [2.45, 2.75) is 38.9 Å². The van der Waals surface area contributed by atoms with Crippen molar-refractivity contribution >= 4 is 43.5 Å². The third kappa shape index (κ3) is 5.68. The van der Waals surface area contributed by atoms with Gasteiger partial charge < -0.3 is 14.4 Å². The van der Waals surface area contributed by atoms with E-state index < -0.39 is 0 Å². The molecule has 0 aliphatic carbocycles. The van der Waals surface area contributed by atoms with Crippen LogP contribution in [0.15, 0.2) is 72.8 Å². The van der Waals surface area contributed by atoms with Crippen LogP contribution in [-0.4, -0.2) is 44.3 Å². The molecule has 0 N–H and O–H groups in total. The molecule has 0 radical (unpaired) electrons. The van der Waals surface area contributed by atoms with Gasteiger partial charge in [0.25, 0.3) is 0 Å². The number of hydrogen-bond acceptors (Lipinski definition) is 4. The molecular formula is C28H38N2O2S2. The summed E-state index contributed by atoms with van der Waals surface area (Å²) < 4.78 is 11.0. The number of ether oxygens (including phenoxy) is 2. The maximum atomic E-state index is 5.67. The first-order chi connectivity index (χ1) is 15.2. The number of anilines is 1. The van der Waals surface area contributed by atoms with Crippen molar-refractivity contribution in [3.63, 3.8) is 0 Å². The molecule has 34 heavy (non-hydrogen) atoms. The van der Waals surface area contributed by atoms with Gasteiger partial charge in [0.2, 0.25) is 0 Å². The van der Waals surface area contributed by atoms with E-state index in [0.29, 0.717) is 12.1 Å². The highest BCUT2D eigenvalue weighted by atomic mass is 32.1. The van der Waals surface area contributed by atoms with E-state index in [4.69, 9.17) is 9.47 Å². The summed E-state index contributed by atoms with van der Waals surface area (Å²) in [6.07, 6.45) is 6.90. The molecule has 3 heterocycles. The normalized spacial score (nSPS) is 20.2. The fraction of sp³-hybridized carbons (Fsp3) is 0.357. The Labute approximate surface area is 218 Å². The summed E-state index contributed by atoms with van der Waals surface area (Å²) in [6.45, 7) is 3.00. The van der Waals surface area contributed by atoms with Gasteiger partial charge in [-0.25, -0.2) is 0 Å². The number of rotatable bonds is 5. The highest BCUT2D eigenvalue weighted by Crippen LogP contribution is 2.33. The molecule has 3 aromatic carbocycles. The number of hydrogen-bond donors (Lipinski definition) is 0. The lowest BCUT2D eigenvalue weighted by Gasteiger charge is -2.48. The monoisotopic (exact) mass is 498 g/mol. The zero-order chi connectivity index (χ0) is 21.2. The Hall–Kier alpha value is -2.28. The Bertz CT molecular complexity index is 1100. The summed E-state index contributed by atoms with van der Waals surface area (Å²) in [5.74, 6) is 1.74. The van der Waals surface area contributed by atoms with Crippen LogP contribution in [-0.2, 0) is 6.54 Å². The Morgan fingerprint density at radius 1 is 0.794 bits per heavy atom. The quantitative estimate of drug-likeness (QED) is 0.395. The van der Waals surface area contributed by atoms with Crippen LogP contribution in [0.1, 0.15) is 25.8 Å². The van der Waals surface area contributed by atoms with Crippen LogP contribution in [0, 0.1) is 0 Å². The van der Waals surface area contributed by atoms with Gasteiger partial charge in [0.15, 0.2) is 0 Å². The van der Waals surface area contributed by atoms with Gasteiger partial charge in [-0.05, 0) is 41.8 Å². The largest absolute Gasteiger partial charge is 0.497 e. The standard InChI is InChI=1S/C27H30N2O2.CH4.2H2S/c1-30-26-14-12-22(27(16-26)31-2)17-28-18-25-10-6-5-9-24(28)19-29(25)23-13-11-20-7-3-4-8-21(20)15-23;;;/h3-8,11-16,24-25H,9-10,17-19H2,1-2H3;1H4;2*1H2/b6-5-;;;/t24-,25-;;;/m0.../s1. The highest BCUT2D eigenvalue weighted by molar-refractivity contribution is 7.59. The van der Waals surface area contributed by atoms with Crippen molar-refractivity contribution in [2.24, 2.45) is 0 Å². The third-order valence-electron chi connectivity index (χ3n) is 6.73. The fourth-order valence-corrected chi connectivity index (χ4v) is 5.01. The van der Waals surface area contributed by atoms with E-state index in [2.05, 4.69) is 70.5 Å². The number of methoxy groups -OCH3 is 2. The van der Waals surface area contributed by atoms with Gasteiger partial charge in [0.1, 0.15) is 11.5 Å². The van der Waals surface area contributed by atoms with E-state index in [-0.39, 0.29) is 34.4 Å². The van der Waals surface area contributed by atoms with Crippen molar-refractivity contribution < 1.29 is 9.47 Å². The van der Waals surface area contributed by atoms with Crippen molar-refractivity contribution in [1.82, 2.24) is 4.90 Å². The second kappa shape index (κ2) is 12.4. The average Bonchev–Trinajstić information content (AvgIpc) is 2.80. The molecule has 184 valence electrons. The van der Waals surface area contributed by atoms with E-state index in [1.165, 1.54) is 22.0 Å². The molecule has 0 unspecified atom stereocenters. The first kappa shape index (κ1) is 28.0. The van der Waals surface area contributed by atoms with Crippen LogP contribution < -0.4 is 14.4 Å². The second-order valence-electron chi connectivity index (χ2n) is 8.54. The molecule has 0 aromatic heterocycles. The summed E-state index contributed by atoms with van der Waals surface area (Å²) >= 11 is 0. The number of piperazine rings is 1. The fourth-order valence-electron chi connectivity index (χ4n) is 5.01. The molecule has 1 fully saturated rings. The van der Waals surface area contributed by atoms with E-state index in [0.717, 1.165) is 44.0 Å². The zero-order valence-corrected chi connectivity index (χ0v) is 21.3. The molecule has 6 rings (SSSR count). The predicted octanol–water partition coefficient (Wildman–Crippen LogP) is 6.13. The summed E-state index contributed by atoms with van der Waals surface area (Å²) in [5.41, 5.74) is 2.56. The maximum Gasteiger partial charge on any atom is 0.127 e. The zero-order valence-electron chi connectivity index (χ0n) is 19.3.